The molecule has 1 aliphatic rings. The lowest BCUT2D eigenvalue weighted by Gasteiger charge is -2.30. The lowest BCUT2D eigenvalue weighted by atomic mass is 10.0. The predicted octanol–water partition coefficient (Wildman–Crippen LogP) is 2.48. The Labute approximate surface area is 88.2 Å². The van der Waals surface area contributed by atoms with E-state index >= 15 is 0 Å². The molecular weight excluding hydrogens is 207 g/mol. The molecule has 0 aliphatic carbocycles. The normalized spacial score (nSPS) is 30.2. The minimum atomic E-state index is -4.08. The first kappa shape index (κ1) is 12.8. The molecule has 1 heterocycles. The Bertz CT molecular complexity index is 196. The van der Waals surface area contributed by atoms with Crippen molar-refractivity contribution in [1.82, 2.24) is 5.32 Å². The van der Waals surface area contributed by atoms with Crippen LogP contribution in [0.15, 0.2) is 0 Å². The molecule has 90 valence electrons. The maximum atomic E-state index is 12.1. The molecule has 1 rings (SSSR count). The second-order valence-corrected chi connectivity index (χ2v) is 4.29. The van der Waals surface area contributed by atoms with Crippen molar-refractivity contribution in [3.8, 4) is 0 Å². The van der Waals surface area contributed by atoms with Gasteiger partial charge in [0.05, 0.1) is 12.5 Å². The van der Waals surface area contributed by atoms with Crippen LogP contribution in [0.4, 0.5) is 13.2 Å². The molecule has 15 heavy (non-hydrogen) atoms. The topological polar surface area (TPSA) is 21.3 Å². The van der Waals surface area contributed by atoms with Crippen molar-refractivity contribution in [1.29, 1.82) is 0 Å². The quantitative estimate of drug-likeness (QED) is 0.796. The number of halogens is 3. The average Bonchev–Trinajstić information content (AvgIpc) is 1.99. The molecule has 0 radical (unpaired) electrons. The van der Waals surface area contributed by atoms with Gasteiger partial charge in [0.15, 0.2) is 0 Å². The van der Waals surface area contributed by atoms with Gasteiger partial charge >= 0.3 is 6.18 Å². The molecule has 2 nitrogen and oxygen atoms in total. The molecule has 1 saturated heterocycles. The molecule has 0 aromatic heterocycles. The summed E-state index contributed by atoms with van der Waals surface area (Å²) < 4.78 is 41.5. The van der Waals surface area contributed by atoms with Crippen LogP contribution in [0.25, 0.3) is 0 Å². The molecular formula is C10H18F3NO. The van der Waals surface area contributed by atoms with Crippen molar-refractivity contribution in [2.75, 3.05) is 6.61 Å². The van der Waals surface area contributed by atoms with E-state index in [1.54, 1.807) is 6.92 Å². The zero-order chi connectivity index (χ0) is 11.5. The summed E-state index contributed by atoms with van der Waals surface area (Å²) in [5.41, 5.74) is 0. The van der Waals surface area contributed by atoms with Crippen molar-refractivity contribution < 1.29 is 17.9 Å². The van der Waals surface area contributed by atoms with Gasteiger partial charge in [0.1, 0.15) is 0 Å². The van der Waals surface area contributed by atoms with E-state index in [1.165, 1.54) is 0 Å². The first-order valence-corrected chi connectivity index (χ1v) is 5.31. The van der Waals surface area contributed by atoms with Crippen LogP contribution in [0.1, 0.15) is 33.1 Å². The van der Waals surface area contributed by atoms with Crippen LogP contribution < -0.4 is 5.32 Å². The van der Waals surface area contributed by atoms with Crippen LogP contribution in [0.2, 0.25) is 0 Å². The zero-order valence-corrected chi connectivity index (χ0v) is 9.10. The van der Waals surface area contributed by atoms with E-state index in [0.29, 0.717) is 6.61 Å². The molecule has 0 bridgehead atoms. The number of hydrogen-bond acceptors (Lipinski definition) is 2. The first-order valence-electron chi connectivity index (χ1n) is 5.31. The Hall–Kier alpha value is -0.290. The Morgan fingerprint density at radius 2 is 2.13 bits per heavy atom. The van der Waals surface area contributed by atoms with Crippen molar-refractivity contribution in [3.05, 3.63) is 0 Å². The monoisotopic (exact) mass is 225 g/mol. The fourth-order valence-corrected chi connectivity index (χ4v) is 1.96. The van der Waals surface area contributed by atoms with Gasteiger partial charge in [0.25, 0.3) is 0 Å². The van der Waals surface area contributed by atoms with E-state index in [2.05, 4.69) is 5.32 Å². The van der Waals surface area contributed by atoms with Crippen LogP contribution in [0.3, 0.4) is 0 Å². The third kappa shape index (κ3) is 5.37. The summed E-state index contributed by atoms with van der Waals surface area (Å²) in [7, 11) is 0. The van der Waals surface area contributed by atoms with Crippen molar-refractivity contribution in [2.24, 2.45) is 0 Å². The van der Waals surface area contributed by atoms with E-state index in [1.807, 2.05) is 6.92 Å². The van der Waals surface area contributed by atoms with Gasteiger partial charge in [0.2, 0.25) is 0 Å². The summed E-state index contributed by atoms with van der Waals surface area (Å²) in [4.78, 5) is 0. The van der Waals surface area contributed by atoms with Crippen LogP contribution in [0.5, 0.6) is 0 Å². The molecule has 5 heteroatoms. The minimum Gasteiger partial charge on any atom is -0.378 e. The first-order chi connectivity index (χ1) is 6.87. The molecule has 1 aliphatic heterocycles. The van der Waals surface area contributed by atoms with Gasteiger partial charge in [-0.3, -0.25) is 0 Å². The smallest absolute Gasteiger partial charge is 0.378 e. The standard InChI is InChI=1S/C10H18F3NO/c1-7(6-10(11,12)13)14-9-3-4-15-8(2)5-9/h7-9,14H,3-6H2,1-2H3. The van der Waals surface area contributed by atoms with Crippen molar-refractivity contribution >= 4 is 0 Å². The third-order valence-electron chi connectivity index (χ3n) is 2.54. The fourth-order valence-electron chi connectivity index (χ4n) is 1.96. The fraction of sp³-hybridized carbons (Fsp3) is 1.00. The number of ether oxygens (including phenoxy) is 1. The Balaban J connectivity index is 2.28. The Kier molecular flexibility index (Phi) is 4.40. The van der Waals surface area contributed by atoms with Gasteiger partial charge in [-0.2, -0.15) is 13.2 Å². The summed E-state index contributed by atoms with van der Waals surface area (Å²) in [6.07, 6.45) is -3.11. The molecule has 0 amide bonds. The van der Waals surface area contributed by atoms with Crippen LogP contribution >= 0.6 is 0 Å². The number of alkyl halides is 3. The SMILES string of the molecule is CC(CC(F)(F)F)NC1CCOC(C)C1. The summed E-state index contributed by atoms with van der Waals surface area (Å²) in [6, 6.07) is -0.355. The molecule has 3 unspecified atom stereocenters. The average molecular weight is 225 g/mol. The summed E-state index contributed by atoms with van der Waals surface area (Å²) in [5.74, 6) is 0. The van der Waals surface area contributed by atoms with Crippen LogP contribution in [-0.4, -0.2) is 31.0 Å². The molecule has 1 N–H and O–H groups in total. The van der Waals surface area contributed by atoms with Gasteiger partial charge in [-0.25, -0.2) is 0 Å². The van der Waals surface area contributed by atoms with Crippen molar-refractivity contribution in [2.45, 2.75) is 57.5 Å². The number of nitrogens with one attached hydrogen (secondary N) is 1. The maximum Gasteiger partial charge on any atom is 0.390 e. The highest BCUT2D eigenvalue weighted by molar-refractivity contribution is 4.78. The van der Waals surface area contributed by atoms with Gasteiger partial charge < -0.3 is 10.1 Å². The van der Waals surface area contributed by atoms with Gasteiger partial charge in [-0.15, -0.1) is 0 Å². The summed E-state index contributed by atoms with van der Waals surface area (Å²) >= 11 is 0. The number of rotatable bonds is 3. The molecule has 0 aromatic rings. The highest BCUT2D eigenvalue weighted by atomic mass is 19.4. The minimum absolute atomic E-state index is 0.148. The maximum absolute atomic E-state index is 12.1. The van der Waals surface area contributed by atoms with E-state index in [9.17, 15) is 13.2 Å². The molecule has 3 atom stereocenters. The summed E-state index contributed by atoms with van der Waals surface area (Å²) in [5, 5.41) is 3.01. The molecule has 0 spiro atoms. The summed E-state index contributed by atoms with van der Waals surface area (Å²) in [6.45, 7) is 4.16. The third-order valence-corrected chi connectivity index (χ3v) is 2.54. The zero-order valence-electron chi connectivity index (χ0n) is 9.10. The molecule has 1 fully saturated rings. The largest absolute Gasteiger partial charge is 0.390 e. The van der Waals surface area contributed by atoms with E-state index in [4.69, 9.17) is 4.74 Å². The Morgan fingerprint density at radius 1 is 1.47 bits per heavy atom. The van der Waals surface area contributed by atoms with Gasteiger partial charge in [-0.1, -0.05) is 0 Å². The molecule has 0 saturated carbocycles. The predicted molar refractivity (Wildman–Crippen MR) is 51.7 cm³/mol. The van der Waals surface area contributed by atoms with Gasteiger partial charge in [-0.05, 0) is 26.7 Å². The van der Waals surface area contributed by atoms with E-state index in [-0.39, 0.29) is 12.1 Å². The second-order valence-electron chi connectivity index (χ2n) is 4.29. The highest BCUT2D eigenvalue weighted by Gasteiger charge is 2.31. The highest BCUT2D eigenvalue weighted by Crippen LogP contribution is 2.22. The second kappa shape index (κ2) is 5.16. The van der Waals surface area contributed by atoms with Crippen LogP contribution in [-0.2, 0) is 4.74 Å². The van der Waals surface area contributed by atoms with Crippen molar-refractivity contribution in [3.63, 3.8) is 0 Å². The Morgan fingerprint density at radius 3 is 2.67 bits per heavy atom. The molecule has 0 aromatic carbocycles. The van der Waals surface area contributed by atoms with Gasteiger partial charge in [0, 0.05) is 18.7 Å². The lowest BCUT2D eigenvalue weighted by Crippen LogP contribution is -2.43. The number of hydrogen-bond donors (Lipinski definition) is 1. The lowest BCUT2D eigenvalue weighted by molar-refractivity contribution is -0.139. The van der Waals surface area contributed by atoms with E-state index in [0.717, 1.165) is 12.8 Å². The van der Waals surface area contributed by atoms with E-state index < -0.39 is 18.6 Å². The van der Waals surface area contributed by atoms with Crippen LogP contribution in [0, 0.1) is 0 Å².